The molecule has 0 unspecified atom stereocenters. The molecule has 5 nitrogen and oxygen atoms in total. The van der Waals surface area contributed by atoms with E-state index in [1.165, 1.54) is 23.1 Å². The molecule has 1 aliphatic carbocycles. The molecule has 0 radical (unpaired) electrons. The number of benzene rings is 1. The lowest BCUT2D eigenvalue weighted by molar-refractivity contribution is -0.116. The van der Waals surface area contributed by atoms with E-state index in [4.69, 9.17) is 0 Å². The Hall–Kier alpha value is -2.12. The quantitative estimate of drug-likeness (QED) is 0.656. The molecule has 1 aliphatic rings. The second-order valence-electron chi connectivity index (χ2n) is 6.78. The maximum atomic E-state index is 12.7. The smallest absolute Gasteiger partial charge is 0.239 e. The lowest BCUT2D eigenvalue weighted by Crippen LogP contribution is -2.33. The molecule has 2 amide bonds. The number of rotatable bonds is 8. The average Bonchev–Trinajstić information content (AvgIpc) is 3.09. The van der Waals surface area contributed by atoms with Gasteiger partial charge < -0.3 is 5.32 Å². The van der Waals surface area contributed by atoms with Gasteiger partial charge in [-0.2, -0.15) is 0 Å². The van der Waals surface area contributed by atoms with Crippen molar-refractivity contribution in [1.82, 2.24) is 4.98 Å². The Morgan fingerprint density at radius 1 is 1.32 bits per heavy atom. The highest BCUT2D eigenvalue weighted by Crippen LogP contribution is 2.32. The molecule has 1 heterocycles. The van der Waals surface area contributed by atoms with Crippen LogP contribution in [0.15, 0.2) is 36.9 Å². The molecule has 0 saturated heterocycles. The normalized spacial score (nSPS) is 12.9. The van der Waals surface area contributed by atoms with Crippen LogP contribution in [0.5, 0.6) is 0 Å². The van der Waals surface area contributed by atoms with Crippen LogP contribution in [0.1, 0.15) is 29.0 Å². The minimum absolute atomic E-state index is 0.0423. The number of anilines is 2. The Balaban J connectivity index is 1.53. The fraction of sp³-hybridized carbons (Fsp3) is 0.381. The Morgan fingerprint density at radius 3 is 2.89 bits per heavy atom. The van der Waals surface area contributed by atoms with Gasteiger partial charge >= 0.3 is 0 Å². The van der Waals surface area contributed by atoms with E-state index in [0.29, 0.717) is 6.54 Å². The highest BCUT2D eigenvalue weighted by atomic mass is 32.2. The van der Waals surface area contributed by atoms with E-state index in [1.807, 2.05) is 31.2 Å². The highest BCUT2D eigenvalue weighted by Gasteiger charge is 2.22. The van der Waals surface area contributed by atoms with E-state index in [-0.39, 0.29) is 23.3 Å². The molecule has 1 N–H and O–H groups in total. The monoisotopic (exact) mass is 415 g/mol. The topological polar surface area (TPSA) is 62.3 Å². The molecule has 28 heavy (non-hydrogen) atoms. The second kappa shape index (κ2) is 9.89. The largest absolute Gasteiger partial charge is 0.325 e. The van der Waals surface area contributed by atoms with Gasteiger partial charge in [0, 0.05) is 17.1 Å². The number of nitrogens with zero attached hydrogens (tertiary/aromatic N) is 2. The molecule has 1 aromatic heterocycles. The summed E-state index contributed by atoms with van der Waals surface area (Å²) in [5.41, 5.74) is 3.00. The summed E-state index contributed by atoms with van der Waals surface area (Å²) in [6.45, 7) is 6.18. The van der Waals surface area contributed by atoms with Crippen molar-refractivity contribution in [3.05, 3.63) is 53.1 Å². The Labute approximate surface area is 174 Å². The number of carbonyl (C=O) groups excluding carboxylic acids is 2. The molecule has 3 rings (SSSR count). The van der Waals surface area contributed by atoms with Crippen LogP contribution < -0.4 is 10.2 Å². The van der Waals surface area contributed by atoms with Crippen LogP contribution in [0.3, 0.4) is 0 Å². The molecule has 0 fully saturated rings. The summed E-state index contributed by atoms with van der Waals surface area (Å²) >= 11 is 2.93. The molecule has 7 heteroatoms. The molecule has 0 atom stereocenters. The molecule has 2 aromatic rings. The molecule has 1 aromatic carbocycles. The number of aryl methyl sites for hydroxylation is 3. The van der Waals surface area contributed by atoms with Crippen molar-refractivity contribution < 1.29 is 9.59 Å². The third-order valence-corrected chi connectivity index (χ3v) is 6.54. The van der Waals surface area contributed by atoms with Gasteiger partial charge in [0.1, 0.15) is 0 Å². The van der Waals surface area contributed by atoms with Gasteiger partial charge in [-0.3, -0.25) is 14.5 Å². The summed E-state index contributed by atoms with van der Waals surface area (Å²) in [6.07, 6.45) is 6.12. The minimum atomic E-state index is -0.108. The fourth-order valence-electron chi connectivity index (χ4n) is 3.10. The summed E-state index contributed by atoms with van der Waals surface area (Å²) in [6, 6.07) is 7.66. The lowest BCUT2D eigenvalue weighted by atomic mass is 10.0. The molecule has 148 valence electrons. The van der Waals surface area contributed by atoms with Crippen LogP contribution in [-0.2, 0) is 22.4 Å². The molecule has 0 bridgehead atoms. The molecule has 0 spiro atoms. The number of hydrogen-bond donors (Lipinski definition) is 1. The van der Waals surface area contributed by atoms with Gasteiger partial charge in [0.2, 0.25) is 11.8 Å². The first-order chi connectivity index (χ1) is 13.6. The van der Waals surface area contributed by atoms with Crippen molar-refractivity contribution in [3.8, 4) is 0 Å². The van der Waals surface area contributed by atoms with E-state index in [2.05, 4.69) is 16.9 Å². The third kappa shape index (κ3) is 5.45. The van der Waals surface area contributed by atoms with Gasteiger partial charge in [-0.25, -0.2) is 4.98 Å². The minimum Gasteiger partial charge on any atom is -0.325 e. The lowest BCUT2D eigenvalue weighted by Gasteiger charge is -2.17. The molecule has 0 saturated carbocycles. The van der Waals surface area contributed by atoms with Crippen molar-refractivity contribution in [3.63, 3.8) is 0 Å². The van der Waals surface area contributed by atoms with Crippen LogP contribution >= 0.6 is 23.1 Å². The van der Waals surface area contributed by atoms with Crippen molar-refractivity contribution in [2.75, 3.05) is 28.3 Å². The maximum Gasteiger partial charge on any atom is 0.239 e. The van der Waals surface area contributed by atoms with E-state index in [1.54, 1.807) is 22.3 Å². The second-order valence-corrected chi connectivity index (χ2v) is 8.82. The predicted octanol–water partition coefficient (Wildman–Crippen LogP) is 4.22. The van der Waals surface area contributed by atoms with Gasteiger partial charge in [0.15, 0.2) is 5.13 Å². The van der Waals surface area contributed by atoms with Gasteiger partial charge in [0.25, 0.3) is 0 Å². The fourth-order valence-corrected chi connectivity index (χ4v) is 4.96. The summed E-state index contributed by atoms with van der Waals surface area (Å²) in [4.78, 5) is 32.5. The standard InChI is InChI=1S/C21H25N3O2S2/c1-3-11-24(21-23-17-9-4-5-10-18(17)28-21)20(26)14-27-13-19(25)22-16-8-6-7-15(2)12-16/h3,6-8,12H,1,4-5,9-11,13-14H2,2H3,(H,22,25). The highest BCUT2D eigenvalue weighted by molar-refractivity contribution is 8.00. The number of thiazole rings is 1. The number of thioether (sulfide) groups is 1. The van der Waals surface area contributed by atoms with Crippen molar-refractivity contribution in [2.45, 2.75) is 32.6 Å². The van der Waals surface area contributed by atoms with Crippen LogP contribution in [0, 0.1) is 6.92 Å². The zero-order chi connectivity index (χ0) is 19.9. The van der Waals surface area contributed by atoms with Crippen LogP contribution in [0.25, 0.3) is 0 Å². The first kappa shape index (κ1) is 20.6. The predicted molar refractivity (Wildman–Crippen MR) is 118 cm³/mol. The van der Waals surface area contributed by atoms with Crippen LogP contribution in [-0.4, -0.2) is 34.8 Å². The number of hydrogen-bond acceptors (Lipinski definition) is 5. The Morgan fingerprint density at radius 2 is 2.14 bits per heavy atom. The number of carbonyl (C=O) groups is 2. The van der Waals surface area contributed by atoms with E-state index in [9.17, 15) is 9.59 Å². The SMILES string of the molecule is C=CCN(C(=O)CSCC(=O)Nc1cccc(C)c1)c1nc2c(s1)CCCC2. The molecular formula is C21H25N3O2S2. The van der Waals surface area contributed by atoms with Crippen LogP contribution in [0.2, 0.25) is 0 Å². The van der Waals surface area contributed by atoms with Gasteiger partial charge in [-0.05, 0) is 50.3 Å². The van der Waals surface area contributed by atoms with Gasteiger partial charge in [0.05, 0.1) is 17.2 Å². The number of fused-ring (bicyclic) bond motifs is 1. The molecule has 0 aliphatic heterocycles. The Bertz CT molecular complexity index is 840. The maximum absolute atomic E-state index is 12.7. The summed E-state index contributed by atoms with van der Waals surface area (Å²) in [5, 5.41) is 3.62. The average molecular weight is 416 g/mol. The summed E-state index contributed by atoms with van der Waals surface area (Å²) in [7, 11) is 0. The zero-order valence-electron chi connectivity index (χ0n) is 16.1. The zero-order valence-corrected chi connectivity index (χ0v) is 17.7. The summed E-state index contributed by atoms with van der Waals surface area (Å²) < 4.78 is 0. The number of nitrogens with one attached hydrogen (secondary N) is 1. The van der Waals surface area contributed by atoms with E-state index in [0.717, 1.165) is 41.3 Å². The van der Waals surface area contributed by atoms with Crippen LogP contribution in [0.4, 0.5) is 10.8 Å². The first-order valence-corrected chi connectivity index (χ1v) is 11.4. The number of aromatic nitrogens is 1. The van der Waals surface area contributed by atoms with Crippen molar-refractivity contribution in [2.24, 2.45) is 0 Å². The van der Waals surface area contributed by atoms with Crippen molar-refractivity contribution in [1.29, 1.82) is 0 Å². The van der Waals surface area contributed by atoms with E-state index >= 15 is 0 Å². The Kier molecular flexibility index (Phi) is 7.28. The van der Waals surface area contributed by atoms with Crippen molar-refractivity contribution >= 4 is 45.7 Å². The van der Waals surface area contributed by atoms with Gasteiger partial charge in [-0.1, -0.05) is 18.2 Å². The summed E-state index contributed by atoms with van der Waals surface area (Å²) in [5.74, 6) is 0.317. The third-order valence-electron chi connectivity index (χ3n) is 4.44. The molecular weight excluding hydrogens is 390 g/mol. The number of amides is 2. The van der Waals surface area contributed by atoms with E-state index < -0.39 is 0 Å². The first-order valence-electron chi connectivity index (χ1n) is 9.41. The van der Waals surface area contributed by atoms with Gasteiger partial charge in [-0.15, -0.1) is 29.7 Å².